The van der Waals surface area contributed by atoms with Crippen LogP contribution in [-0.2, 0) is 0 Å². The fourth-order valence-electron chi connectivity index (χ4n) is 2.29. The van der Waals surface area contributed by atoms with Crippen molar-refractivity contribution < 1.29 is 9.90 Å². The van der Waals surface area contributed by atoms with Gasteiger partial charge < -0.3 is 9.83 Å². The van der Waals surface area contributed by atoms with Crippen molar-refractivity contribution in [2.75, 3.05) is 4.72 Å². The molecule has 2 aromatic carbocycles. The maximum Gasteiger partial charge on any atom is 0.348 e. The molecule has 0 radical (unpaired) electrons. The number of hydrogen-bond donors (Lipinski definition) is 2. The minimum absolute atomic E-state index is 0.326. The minimum Gasteiger partial charge on any atom is -0.477 e. The number of benzene rings is 2. The number of hydrogen-bond acceptors (Lipinski definition) is 4. The molecule has 3 aromatic rings. The van der Waals surface area contributed by atoms with Crippen LogP contribution in [-0.4, -0.2) is 11.1 Å². The molecule has 0 saturated heterocycles. The molecule has 3 rings (SSSR count). The first-order valence-electron chi connectivity index (χ1n) is 7.05. The summed E-state index contributed by atoms with van der Waals surface area (Å²) in [6.45, 7) is 2.10. The van der Waals surface area contributed by atoms with Crippen LogP contribution in [0.2, 0.25) is 0 Å². The van der Waals surface area contributed by atoms with Crippen LogP contribution in [0.25, 0.3) is 11.1 Å². The number of nitrogens with one attached hydrogen (secondary N) is 1. The van der Waals surface area contributed by atoms with Crippen molar-refractivity contribution in [3.63, 3.8) is 0 Å². The lowest BCUT2D eigenvalue weighted by Crippen LogP contribution is -1.96. The van der Waals surface area contributed by atoms with Gasteiger partial charge in [0, 0.05) is 4.90 Å². The normalized spacial score (nSPS) is 10.5. The number of aromatic carboxylic acids is 1. The van der Waals surface area contributed by atoms with E-state index in [1.54, 1.807) is 11.4 Å². The third-order valence-corrected chi connectivity index (χ3v) is 5.14. The van der Waals surface area contributed by atoms with Crippen LogP contribution in [0.3, 0.4) is 0 Å². The lowest BCUT2D eigenvalue weighted by molar-refractivity contribution is 0.0703. The van der Waals surface area contributed by atoms with Gasteiger partial charge in [-0.25, -0.2) is 4.79 Å². The number of thiophene rings is 1. The van der Waals surface area contributed by atoms with Crippen LogP contribution >= 0.6 is 23.3 Å². The molecule has 3 nitrogen and oxygen atoms in total. The molecule has 0 aliphatic carbocycles. The molecule has 5 heteroatoms. The van der Waals surface area contributed by atoms with Gasteiger partial charge in [-0.3, -0.25) is 0 Å². The first-order chi connectivity index (χ1) is 11.1. The van der Waals surface area contributed by atoms with Gasteiger partial charge in [-0.05, 0) is 59.1 Å². The van der Waals surface area contributed by atoms with Gasteiger partial charge in [-0.1, -0.05) is 36.4 Å². The van der Waals surface area contributed by atoms with Crippen LogP contribution in [0.15, 0.2) is 64.9 Å². The number of aryl methyl sites for hydroxylation is 1. The van der Waals surface area contributed by atoms with Crippen LogP contribution < -0.4 is 4.72 Å². The van der Waals surface area contributed by atoms with Crippen LogP contribution in [0.5, 0.6) is 0 Å². The predicted octanol–water partition coefficient (Wildman–Crippen LogP) is 5.54. The zero-order valence-corrected chi connectivity index (χ0v) is 14.1. The summed E-state index contributed by atoms with van der Waals surface area (Å²) >= 11 is 2.64. The summed E-state index contributed by atoms with van der Waals surface area (Å²) in [5.74, 6) is -0.906. The molecule has 0 aliphatic heterocycles. The van der Waals surface area contributed by atoms with E-state index in [1.807, 2.05) is 24.3 Å². The van der Waals surface area contributed by atoms with Gasteiger partial charge in [-0.2, -0.15) is 0 Å². The van der Waals surface area contributed by atoms with E-state index < -0.39 is 5.97 Å². The number of carboxylic acids is 1. The van der Waals surface area contributed by atoms with E-state index in [-0.39, 0.29) is 0 Å². The maximum atomic E-state index is 11.1. The molecular weight excluding hydrogens is 326 g/mol. The van der Waals surface area contributed by atoms with Crippen LogP contribution in [0.1, 0.15) is 15.2 Å². The Kier molecular flexibility index (Phi) is 4.69. The standard InChI is InChI=1S/C18H15NO2S2/c1-12-5-2-3-8-15(12)13-6-4-7-14(11-13)23-19-16-9-10-22-17(16)18(20)21/h2-11,19H,1H3,(H,20,21). The monoisotopic (exact) mass is 341 g/mol. The first kappa shape index (κ1) is 15.6. The summed E-state index contributed by atoms with van der Waals surface area (Å²) < 4.78 is 3.13. The molecule has 2 N–H and O–H groups in total. The van der Waals surface area contributed by atoms with Crippen molar-refractivity contribution in [3.8, 4) is 11.1 Å². The zero-order valence-electron chi connectivity index (χ0n) is 12.4. The van der Waals surface area contributed by atoms with E-state index in [0.29, 0.717) is 10.6 Å². The first-order valence-corrected chi connectivity index (χ1v) is 8.74. The van der Waals surface area contributed by atoms with Gasteiger partial charge in [-0.15, -0.1) is 11.3 Å². The lowest BCUT2D eigenvalue weighted by Gasteiger charge is -2.09. The minimum atomic E-state index is -0.906. The maximum absolute atomic E-state index is 11.1. The van der Waals surface area contributed by atoms with Crippen LogP contribution in [0.4, 0.5) is 5.69 Å². The fourth-order valence-corrected chi connectivity index (χ4v) is 3.78. The molecule has 0 aliphatic rings. The Morgan fingerprint density at radius 2 is 1.96 bits per heavy atom. The molecule has 0 fully saturated rings. The van der Waals surface area contributed by atoms with Gasteiger partial charge in [0.1, 0.15) is 4.88 Å². The average Bonchev–Trinajstić information content (AvgIpc) is 3.02. The summed E-state index contributed by atoms with van der Waals surface area (Å²) in [7, 11) is 0. The van der Waals surface area contributed by atoms with Gasteiger partial charge in [0.2, 0.25) is 0 Å². The Bertz CT molecular complexity index is 842. The van der Waals surface area contributed by atoms with Gasteiger partial charge >= 0.3 is 5.97 Å². The second kappa shape index (κ2) is 6.89. The molecule has 0 atom stereocenters. The van der Waals surface area contributed by atoms with E-state index in [1.165, 1.54) is 34.4 Å². The molecule has 1 heterocycles. The number of carboxylic acid groups (broad SMARTS) is 1. The lowest BCUT2D eigenvalue weighted by atomic mass is 10.0. The Morgan fingerprint density at radius 3 is 2.74 bits per heavy atom. The third-order valence-electron chi connectivity index (χ3n) is 3.43. The summed E-state index contributed by atoms with van der Waals surface area (Å²) in [4.78, 5) is 12.5. The Hall–Kier alpha value is -2.24. The Morgan fingerprint density at radius 1 is 1.13 bits per heavy atom. The van der Waals surface area contributed by atoms with E-state index in [0.717, 1.165) is 10.5 Å². The number of anilines is 1. The van der Waals surface area contributed by atoms with E-state index >= 15 is 0 Å². The predicted molar refractivity (Wildman–Crippen MR) is 97.4 cm³/mol. The van der Waals surface area contributed by atoms with Crippen molar-refractivity contribution >= 4 is 34.9 Å². The van der Waals surface area contributed by atoms with Gasteiger partial charge in [0.25, 0.3) is 0 Å². The average molecular weight is 341 g/mol. The molecule has 23 heavy (non-hydrogen) atoms. The zero-order chi connectivity index (χ0) is 16.2. The highest BCUT2D eigenvalue weighted by atomic mass is 32.2. The SMILES string of the molecule is Cc1ccccc1-c1cccc(SNc2ccsc2C(=O)O)c1. The van der Waals surface area contributed by atoms with Crippen molar-refractivity contribution in [2.45, 2.75) is 11.8 Å². The van der Waals surface area contributed by atoms with Crippen LogP contribution in [0, 0.1) is 6.92 Å². The van der Waals surface area contributed by atoms with Crippen molar-refractivity contribution in [3.05, 3.63) is 70.4 Å². The highest BCUT2D eigenvalue weighted by Gasteiger charge is 2.11. The van der Waals surface area contributed by atoms with Crippen molar-refractivity contribution in [1.29, 1.82) is 0 Å². The highest BCUT2D eigenvalue weighted by molar-refractivity contribution is 8.00. The Balaban J connectivity index is 1.80. The van der Waals surface area contributed by atoms with E-state index in [2.05, 4.69) is 35.9 Å². The van der Waals surface area contributed by atoms with Gasteiger partial charge in [0.15, 0.2) is 0 Å². The van der Waals surface area contributed by atoms with Crippen molar-refractivity contribution in [1.82, 2.24) is 0 Å². The molecular formula is C18H15NO2S2. The topological polar surface area (TPSA) is 49.3 Å². The largest absolute Gasteiger partial charge is 0.477 e. The fraction of sp³-hybridized carbons (Fsp3) is 0.0556. The third kappa shape index (κ3) is 3.57. The smallest absolute Gasteiger partial charge is 0.348 e. The quantitative estimate of drug-likeness (QED) is 0.598. The molecule has 0 unspecified atom stereocenters. The summed E-state index contributed by atoms with van der Waals surface area (Å²) in [6, 6.07) is 18.3. The van der Waals surface area contributed by atoms with Crippen molar-refractivity contribution in [2.24, 2.45) is 0 Å². The second-order valence-corrected chi connectivity index (χ2v) is 6.81. The molecule has 0 bridgehead atoms. The molecule has 0 spiro atoms. The molecule has 0 amide bonds. The molecule has 1 aromatic heterocycles. The summed E-state index contributed by atoms with van der Waals surface area (Å²) in [6.07, 6.45) is 0. The molecule has 0 saturated carbocycles. The highest BCUT2D eigenvalue weighted by Crippen LogP contribution is 2.30. The summed E-state index contributed by atoms with van der Waals surface area (Å²) in [5.41, 5.74) is 4.22. The Labute approximate surface area is 143 Å². The summed E-state index contributed by atoms with van der Waals surface area (Å²) in [5, 5.41) is 10.9. The molecule has 116 valence electrons. The second-order valence-electron chi connectivity index (χ2n) is 5.02. The number of carbonyl (C=O) groups is 1. The number of rotatable bonds is 5. The van der Waals surface area contributed by atoms with Gasteiger partial charge in [0.05, 0.1) is 5.69 Å². The van der Waals surface area contributed by atoms with E-state index in [9.17, 15) is 4.79 Å². The van der Waals surface area contributed by atoms with E-state index in [4.69, 9.17) is 5.11 Å².